The third-order valence-electron chi connectivity index (χ3n) is 4.72. The summed E-state index contributed by atoms with van der Waals surface area (Å²) in [6.45, 7) is 2.57. The Morgan fingerprint density at radius 3 is 1.30 bits per heavy atom. The van der Waals surface area contributed by atoms with Crippen LogP contribution in [0.3, 0.4) is 0 Å². The van der Waals surface area contributed by atoms with Crippen molar-refractivity contribution in [3.63, 3.8) is 0 Å². The van der Waals surface area contributed by atoms with Crippen molar-refractivity contribution >= 4 is 5.97 Å². The van der Waals surface area contributed by atoms with Gasteiger partial charge in [-0.1, -0.05) is 102 Å². The molecule has 0 aliphatic heterocycles. The number of carbonyl (C=O) groups is 1. The van der Waals surface area contributed by atoms with Gasteiger partial charge >= 0.3 is 5.97 Å². The van der Waals surface area contributed by atoms with Gasteiger partial charge in [0.05, 0.1) is 26.4 Å². The molecular weight excluding hydrogens is 386 g/mol. The van der Waals surface area contributed by atoms with Gasteiger partial charge in [0.1, 0.15) is 0 Å². The van der Waals surface area contributed by atoms with Gasteiger partial charge in [-0.05, 0) is 6.42 Å². The molecule has 0 saturated carbocycles. The zero-order valence-corrected chi connectivity index (χ0v) is 19.7. The largest absolute Gasteiger partial charge is 0.481 e. The fourth-order valence-electron chi connectivity index (χ4n) is 3.02. The SMILES string of the molecule is CCCCCCCCCCCCCCCCCC(=O)O.CN(OCCO)OCCO. The van der Waals surface area contributed by atoms with Gasteiger partial charge in [-0.15, -0.1) is 0 Å². The van der Waals surface area contributed by atoms with E-state index in [-0.39, 0.29) is 26.4 Å². The molecule has 0 spiro atoms. The molecule has 0 aliphatic rings. The third kappa shape index (κ3) is 31.9. The number of hydrogen-bond donors (Lipinski definition) is 3. The van der Waals surface area contributed by atoms with Crippen LogP contribution in [0.1, 0.15) is 110 Å². The zero-order valence-electron chi connectivity index (χ0n) is 19.7. The number of aliphatic hydroxyl groups is 2. The van der Waals surface area contributed by atoms with Gasteiger partial charge in [0.2, 0.25) is 0 Å². The lowest BCUT2D eigenvalue weighted by Crippen LogP contribution is -2.22. The second-order valence-corrected chi connectivity index (χ2v) is 7.65. The molecule has 0 aromatic heterocycles. The highest BCUT2D eigenvalue weighted by molar-refractivity contribution is 5.66. The molecule has 7 heteroatoms. The first-order chi connectivity index (χ1) is 14.6. The van der Waals surface area contributed by atoms with Gasteiger partial charge in [-0.2, -0.15) is 0 Å². The van der Waals surface area contributed by atoms with Crippen LogP contribution in [0, 0.1) is 0 Å². The smallest absolute Gasteiger partial charge is 0.303 e. The number of aliphatic hydroxyl groups excluding tert-OH is 2. The first kappa shape index (κ1) is 31.5. The fraction of sp³-hybridized carbons (Fsp3) is 0.957. The number of unbranched alkanes of at least 4 members (excludes halogenated alkanes) is 14. The van der Waals surface area contributed by atoms with E-state index < -0.39 is 5.97 Å². The summed E-state index contributed by atoms with van der Waals surface area (Å²) in [5, 5.41) is 26.2. The highest BCUT2D eigenvalue weighted by Crippen LogP contribution is 2.13. The first-order valence-electron chi connectivity index (χ1n) is 12.0. The first-order valence-corrected chi connectivity index (χ1v) is 12.0. The number of hydrogen-bond acceptors (Lipinski definition) is 6. The predicted molar refractivity (Wildman–Crippen MR) is 121 cm³/mol. The Bertz CT molecular complexity index is 323. The van der Waals surface area contributed by atoms with Crippen molar-refractivity contribution in [3.05, 3.63) is 0 Å². The van der Waals surface area contributed by atoms with Crippen LogP contribution < -0.4 is 0 Å². The van der Waals surface area contributed by atoms with Crippen molar-refractivity contribution in [2.24, 2.45) is 0 Å². The van der Waals surface area contributed by atoms with E-state index in [1.165, 1.54) is 83.5 Å². The Kier molecular flexibility index (Phi) is 29.6. The summed E-state index contributed by atoms with van der Waals surface area (Å²) in [6.07, 6.45) is 20.2. The van der Waals surface area contributed by atoms with E-state index >= 15 is 0 Å². The summed E-state index contributed by atoms with van der Waals surface area (Å²) < 4.78 is 0. The highest BCUT2D eigenvalue weighted by atomic mass is 16.9. The standard InChI is InChI=1S/C18H36O2.C5H13NO4/c1-2-3-4-5-6-7-8-9-10-11-12-13-14-15-16-17-18(19)20;1-6(9-4-2-7)10-5-3-8/h2-17H2,1H3,(H,19,20);7-8H,2-5H2,1H3. The average Bonchev–Trinajstić information content (AvgIpc) is 2.73. The second-order valence-electron chi connectivity index (χ2n) is 7.65. The molecule has 0 aromatic carbocycles. The molecule has 0 unspecified atom stereocenters. The van der Waals surface area contributed by atoms with E-state index in [0.717, 1.165) is 18.1 Å². The molecule has 30 heavy (non-hydrogen) atoms. The maximum atomic E-state index is 10.3. The van der Waals surface area contributed by atoms with E-state index in [0.29, 0.717) is 6.42 Å². The summed E-state index contributed by atoms with van der Waals surface area (Å²) in [5.74, 6) is -0.653. The van der Waals surface area contributed by atoms with Gasteiger partial charge in [0.15, 0.2) is 0 Å². The van der Waals surface area contributed by atoms with Crippen LogP contribution in [0.15, 0.2) is 0 Å². The number of nitrogens with zero attached hydrogens (tertiary/aromatic N) is 1. The maximum Gasteiger partial charge on any atom is 0.303 e. The normalized spacial score (nSPS) is 10.8. The van der Waals surface area contributed by atoms with Crippen molar-refractivity contribution in [1.82, 2.24) is 5.23 Å². The lowest BCUT2D eigenvalue weighted by atomic mass is 10.0. The fourth-order valence-corrected chi connectivity index (χ4v) is 3.02. The summed E-state index contributed by atoms with van der Waals surface area (Å²) in [5.41, 5.74) is 0. The van der Waals surface area contributed by atoms with Gasteiger partial charge in [0, 0.05) is 13.5 Å². The molecule has 182 valence electrons. The number of carboxylic acid groups (broad SMARTS) is 1. The molecule has 7 nitrogen and oxygen atoms in total. The van der Waals surface area contributed by atoms with Gasteiger partial charge in [-0.25, -0.2) is 0 Å². The molecule has 0 saturated heterocycles. The van der Waals surface area contributed by atoms with Crippen LogP contribution in [0.2, 0.25) is 0 Å². The van der Waals surface area contributed by atoms with Crippen LogP contribution in [-0.4, -0.2) is 60.0 Å². The number of rotatable bonds is 22. The molecule has 0 aromatic rings. The van der Waals surface area contributed by atoms with Crippen LogP contribution in [0.25, 0.3) is 0 Å². The van der Waals surface area contributed by atoms with E-state index in [1.807, 2.05) is 0 Å². The average molecular weight is 436 g/mol. The molecule has 0 amide bonds. The van der Waals surface area contributed by atoms with Crippen LogP contribution >= 0.6 is 0 Å². The molecule has 0 fully saturated rings. The van der Waals surface area contributed by atoms with Crippen molar-refractivity contribution in [3.8, 4) is 0 Å². The van der Waals surface area contributed by atoms with E-state index in [4.69, 9.17) is 25.0 Å². The number of hydroxylamine groups is 2. The molecular formula is C23H49NO6. The quantitative estimate of drug-likeness (QED) is 0.161. The number of aliphatic carboxylic acids is 1. The van der Waals surface area contributed by atoms with Crippen LogP contribution in [-0.2, 0) is 14.5 Å². The number of carboxylic acids is 1. The lowest BCUT2D eigenvalue weighted by Gasteiger charge is -2.13. The van der Waals surface area contributed by atoms with Crippen LogP contribution in [0.5, 0.6) is 0 Å². The molecule has 0 radical (unpaired) electrons. The topological polar surface area (TPSA) is 99.5 Å². The molecule has 0 bridgehead atoms. The maximum absolute atomic E-state index is 10.3. The zero-order chi connectivity index (χ0) is 22.7. The second kappa shape index (κ2) is 28.3. The molecule has 0 rings (SSSR count). The van der Waals surface area contributed by atoms with Crippen molar-refractivity contribution in [1.29, 1.82) is 0 Å². The van der Waals surface area contributed by atoms with Gasteiger partial charge in [0.25, 0.3) is 0 Å². The van der Waals surface area contributed by atoms with E-state index in [9.17, 15) is 4.79 Å². The minimum atomic E-state index is -0.653. The Labute approximate surface area is 184 Å². The summed E-state index contributed by atoms with van der Waals surface area (Å²) in [7, 11) is 1.55. The van der Waals surface area contributed by atoms with E-state index in [2.05, 4.69) is 6.92 Å². The molecule has 0 heterocycles. The summed E-state index contributed by atoms with van der Waals surface area (Å²) in [4.78, 5) is 19.8. The third-order valence-corrected chi connectivity index (χ3v) is 4.72. The summed E-state index contributed by atoms with van der Waals surface area (Å²) in [6, 6.07) is 0. The minimum absolute atomic E-state index is 0.0488. The monoisotopic (exact) mass is 435 g/mol. The Morgan fingerprint density at radius 2 is 1.00 bits per heavy atom. The van der Waals surface area contributed by atoms with Crippen molar-refractivity contribution in [2.45, 2.75) is 110 Å². The van der Waals surface area contributed by atoms with Crippen LogP contribution in [0.4, 0.5) is 0 Å². The lowest BCUT2D eigenvalue weighted by molar-refractivity contribution is -0.356. The van der Waals surface area contributed by atoms with Gasteiger partial charge < -0.3 is 15.3 Å². The van der Waals surface area contributed by atoms with Crippen molar-refractivity contribution in [2.75, 3.05) is 33.5 Å². The summed E-state index contributed by atoms with van der Waals surface area (Å²) >= 11 is 0. The molecule has 0 atom stereocenters. The Morgan fingerprint density at radius 1 is 0.667 bits per heavy atom. The van der Waals surface area contributed by atoms with Gasteiger partial charge in [-0.3, -0.25) is 14.5 Å². The van der Waals surface area contributed by atoms with Crippen molar-refractivity contribution < 1.29 is 29.8 Å². The molecule has 3 N–H and O–H groups in total. The molecule has 0 aliphatic carbocycles. The highest BCUT2D eigenvalue weighted by Gasteiger charge is 1.97. The minimum Gasteiger partial charge on any atom is -0.481 e. The van der Waals surface area contributed by atoms with E-state index in [1.54, 1.807) is 7.05 Å². The predicted octanol–water partition coefficient (Wildman–Crippen LogP) is 5.10. The Balaban J connectivity index is 0. The Hall–Kier alpha value is -0.730.